The molecule has 0 atom stereocenters. The fourth-order valence-electron chi connectivity index (χ4n) is 2.45. The fourth-order valence-corrected chi connectivity index (χ4v) is 3.31. The van der Waals surface area contributed by atoms with Gasteiger partial charge in [-0.1, -0.05) is 45.9 Å². The molecule has 0 fully saturated rings. The van der Waals surface area contributed by atoms with Crippen molar-refractivity contribution in [1.82, 2.24) is 10.6 Å². The molecular weight excluding hydrogens is 356 g/mol. The zero-order valence-electron chi connectivity index (χ0n) is 16.8. The van der Waals surface area contributed by atoms with Crippen LogP contribution in [0.2, 0.25) is 0 Å². The number of thiophene rings is 1. The summed E-state index contributed by atoms with van der Waals surface area (Å²) in [5.41, 5.74) is 1.98. The van der Waals surface area contributed by atoms with Gasteiger partial charge in [0.05, 0.1) is 0 Å². The summed E-state index contributed by atoms with van der Waals surface area (Å²) in [5.74, 6) is 0.773. The first kappa shape index (κ1) is 21.0. The molecule has 0 saturated heterocycles. The van der Waals surface area contributed by atoms with Crippen LogP contribution in [0.25, 0.3) is 0 Å². The molecule has 0 aliphatic heterocycles. The highest BCUT2D eigenvalue weighted by Crippen LogP contribution is 2.26. The molecule has 27 heavy (non-hydrogen) atoms. The normalized spacial score (nSPS) is 12.1. The third-order valence-electron chi connectivity index (χ3n) is 4.32. The molecule has 0 radical (unpaired) electrons. The van der Waals surface area contributed by atoms with Crippen LogP contribution in [0.15, 0.2) is 46.8 Å². The van der Waals surface area contributed by atoms with E-state index in [4.69, 9.17) is 0 Å². The summed E-state index contributed by atoms with van der Waals surface area (Å²) in [6.07, 6.45) is 0. The van der Waals surface area contributed by atoms with Gasteiger partial charge in [-0.15, -0.1) is 11.3 Å². The SMILES string of the molecule is CN=C(NCc1ccc(NC(=O)C(C)C)cc1)NCC(C)(C)c1cccs1. The quantitative estimate of drug-likeness (QED) is 0.498. The van der Waals surface area contributed by atoms with E-state index in [1.165, 1.54) is 4.88 Å². The Morgan fingerprint density at radius 2 is 1.85 bits per heavy atom. The number of hydrogen-bond donors (Lipinski definition) is 3. The standard InChI is InChI=1S/C21H30N4OS/c1-15(2)19(26)25-17-10-8-16(9-11-17)13-23-20(22-5)24-14-21(3,4)18-7-6-12-27-18/h6-12,15H,13-14H2,1-5H3,(H,25,26)(H2,22,23,24). The zero-order valence-corrected chi connectivity index (χ0v) is 17.6. The Hall–Kier alpha value is -2.34. The van der Waals surface area contributed by atoms with E-state index >= 15 is 0 Å². The molecule has 5 nitrogen and oxygen atoms in total. The van der Waals surface area contributed by atoms with Crippen molar-refractivity contribution in [2.45, 2.75) is 39.7 Å². The van der Waals surface area contributed by atoms with Crippen molar-refractivity contribution in [3.63, 3.8) is 0 Å². The second kappa shape index (κ2) is 9.55. The van der Waals surface area contributed by atoms with Crippen molar-refractivity contribution < 1.29 is 4.79 Å². The van der Waals surface area contributed by atoms with Gasteiger partial charge in [-0.05, 0) is 29.1 Å². The smallest absolute Gasteiger partial charge is 0.226 e. The summed E-state index contributed by atoms with van der Waals surface area (Å²) in [6, 6.07) is 12.1. The van der Waals surface area contributed by atoms with Gasteiger partial charge in [0.25, 0.3) is 0 Å². The number of nitrogens with one attached hydrogen (secondary N) is 3. The van der Waals surface area contributed by atoms with Gasteiger partial charge in [-0.3, -0.25) is 9.79 Å². The number of hydrogen-bond acceptors (Lipinski definition) is 3. The molecule has 6 heteroatoms. The van der Waals surface area contributed by atoms with Gasteiger partial charge in [0.15, 0.2) is 5.96 Å². The predicted molar refractivity (Wildman–Crippen MR) is 115 cm³/mol. The Balaban J connectivity index is 1.84. The molecule has 0 saturated carbocycles. The van der Waals surface area contributed by atoms with Crippen molar-refractivity contribution in [3.05, 3.63) is 52.2 Å². The summed E-state index contributed by atoms with van der Waals surface area (Å²) in [5, 5.41) is 11.8. The van der Waals surface area contributed by atoms with E-state index in [2.05, 4.69) is 52.3 Å². The molecule has 1 aromatic carbocycles. The summed E-state index contributed by atoms with van der Waals surface area (Å²) < 4.78 is 0. The van der Waals surface area contributed by atoms with Crippen molar-refractivity contribution in [1.29, 1.82) is 0 Å². The molecule has 0 unspecified atom stereocenters. The molecule has 146 valence electrons. The van der Waals surface area contributed by atoms with Crippen molar-refractivity contribution in [2.75, 3.05) is 18.9 Å². The molecule has 1 heterocycles. The molecule has 0 spiro atoms. The first-order valence-corrected chi connectivity index (χ1v) is 10.1. The zero-order chi connectivity index (χ0) is 19.9. The number of rotatable bonds is 7. The van der Waals surface area contributed by atoms with Crippen LogP contribution in [0.3, 0.4) is 0 Å². The summed E-state index contributed by atoms with van der Waals surface area (Å²) in [6.45, 7) is 9.68. The molecule has 0 aliphatic rings. The molecule has 1 amide bonds. The highest BCUT2D eigenvalue weighted by Gasteiger charge is 2.21. The minimum Gasteiger partial charge on any atom is -0.356 e. The predicted octanol–water partition coefficient (Wildman–Crippen LogP) is 3.99. The second-order valence-electron chi connectivity index (χ2n) is 7.48. The number of carbonyl (C=O) groups is 1. The van der Waals surface area contributed by atoms with E-state index in [-0.39, 0.29) is 17.2 Å². The van der Waals surface area contributed by atoms with E-state index in [0.29, 0.717) is 6.54 Å². The molecule has 2 rings (SSSR count). The van der Waals surface area contributed by atoms with Crippen LogP contribution in [-0.4, -0.2) is 25.5 Å². The van der Waals surface area contributed by atoms with Gasteiger partial charge >= 0.3 is 0 Å². The molecular formula is C21H30N4OS. The number of benzene rings is 1. The lowest BCUT2D eigenvalue weighted by Crippen LogP contribution is -2.42. The van der Waals surface area contributed by atoms with Crippen LogP contribution >= 0.6 is 11.3 Å². The molecule has 3 N–H and O–H groups in total. The van der Waals surface area contributed by atoms with Crippen molar-refractivity contribution in [2.24, 2.45) is 10.9 Å². The average Bonchev–Trinajstić information content (AvgIpc) is 3.18. The van der Waals surface area contributed by atoms with Gasteiger partial charge < -0.3 is 16.0 Å². The number of amides is 1. The van der Waals surface area contributed by atoms with Crippen LogP contribution in [0.4, 0.5) is 5.69 Å². The average molecular weight is 387 g/mol. The number of nitrogens with zero attached hydrogens (tertiary/aromatic N) is 1. The molecule has 1 aromatic heterocycles. The van der Waals surface area contributed by atoms with Crippen LogP contribution < -0.4 is 16.0 Å². The highest BCUT2D eigenvalue weighted by molar-refractivity contribution is 7.10. The van der Waals surface area contributed by atoms with Gasteiger partial charge in [0.1, 0.15) is 0 Å². The summed E-state index contributed by atoms with van der Waals surface area (Å²) in [4.78, 5) is 17.4. The second-order valence-corrected chi connectivity index (χ2v) is 8.43. The third kappa shape index (κ3) is 6.40. The number of anilines is 1. The third-order valence-corrected chi connectivity index (χ3v) is 5.55. The Morgan fingerprint density at radius 1 is 1.15 bits per heavy atom. The van der Waals surface area contributed by atoms with Gasteiger partial charge in [0, 0.05) is 42.0 Å². The van der Waals surface area contributed by atoms with E-state index in [1.807, 2.05) is 38.1 Å². The van der Waals surface area contributed by atoms with Gasteiger partial charge in [0.2, 0.25) is 5.91 Å². The van der Waals surface area contributed by atoms with E-state index < -0.39 is 0 Å². The van der Waals surface area contributed by atoms with Crippen molar-refractivity contribution in [3.8, 4) is 0 Å². The first-order chi connectivity index (χ1) is 12.8. The lowest BCUT2D eigenvalue weighted by atomic mass is 9.91. The van der Waals surface area contributed by atoms with E-state index in [0.717, 1.165) is 23.8 Å². The Morgan fingerprint density at radius 3 is 2.41 bits per heavy atom. The lowest BCUT2D eigenvalue weighted by Gasteiger charge is -2.25. The molecule has 0 bridgehead atoms. The molecule has 2 aromatic rings. The minimum atomic E-state index is -0.0285. The van der Waals surface area contributed by atoms with Crippen LogP contribution in [0.5, 0.6) is 0 Å². The van der Waals surface area contributed by atoms with Crippen LogP contribution in [-0.2, 0) is 16.8 Å². The largest absolute Gasteiger partial charge is 0.356 e. The van der Waals surface area contributed by atoms with E-state index in [1.54, 1.807) is 18.4 Å². The fraction of sp³-hybridized carbons (Fsp3) is 0.429. The maximum Gasteiger partial charge on any atom is 0.226 e. The van der Waals surface area contributed by atoms with Gasteiger partial charge in [-0.2, -0.15) is 0 Å². The van der Waals surface area contributed by atoms with Crippen LogP contribution in [0.1, 0.15) is 38.1 Å². The van der Waals surface area contributed by atoms with Crippen LogP contribution in [0, 0.1) is 5.92 Å². The first-order valence-electron chi connectivity index (χ1n) is 9.20. The Bertz CT molecular complexity index is 749. The number of aliphatic imine (C=N–C) groups is 1. The lowest BCUT2D eigenvalue weighted by molar-refractivity contribution is -0.118. The van der Waals surface area contributed by atoms with Gasteiger partial charge in [-0.25, -0.2) is 0 Å². The molecule has 0 aliphatic carbocycles. The monoisotopic (exact) mass is 386 g/mol. The van der Waals surface area contributed by atoms with E-state index in [9.17, 15) is 4.79 Å². The maximum atomic E-state index is 11.7. The maximum absolute atomic E-state index is 11.7. The number of guanidine groups is 1. The summed E-state index contributed by atoms with van der Waals surface area (Å²) in [7, 11) is 1.78. The number of carbonyl (C=O) groups excluding carboxylic acids is 1. The Labute approximate surface area is 166 Å². The Kier molecular flexibility index (Phi) is 7.42. The minimum absolute atomic E-state index is 0.0267. The van der Waals surface area contributed by atoms with Crippen molar-refractivity contribution >= 4 is 28.9 Å². The topological polar surface area (TPSA) is 65.5 Å². The highest BCUT2D eigenvalue weighted by atomic mass is 32.1. The summed E-state index contributed by atoms with van der Waals surface area (Å²) >= 11 is 1.78.